The van der Waals surface area contributed by atoms with Gasteiger partial charge in [-0.1, -0.05) is 12.1 Å². The standard InChI is InChI=1S/C22H26N2O3/c1-26-20-7-3-6-19(15-20)23-10-12-24(13-11-23)22(25)16-27-21-9-8-17-4-2-5-18(17)14-21/h3,6-9,14-15H,2,4-5,10-13,16H2,1H3. The second kappa shape index (κ2) is 7.91. The van der Waals surface area contributed by atoms with E-state index in [-0.39, 0.29) is 12.5 Å². The number of benzene rings is 2. The van der Waals surface area contributed by atoms with Crippen LogP contribution in [0.5, 0.6) is 11.5 Å². The lowest BCUT2D eigenvalue weighted by Gasteiger charge is -2.36. The van der Waals surface area contributed by atoms with Gasteiger partial charge in [0.25, 0.3) is 5.91 Å². The Labute approximate surface area is 160 Å². The highest BCUT2D eigenvalue weighted by atomic mass is 16.5. The highest BCUT2D eigenvalue weighted by molar-refractivity contribution is 5.78. The third-order valence-electron chi connectivity index (χ3n) is 5.48. The Morgan fingerprint density at radius 3 is 2.59 bits per heavy atom. The van der Waals surface area contributed by atoms with Crippen molar-refractivity contribution < 1.29 is 14.3 Å². The summed E-state index contributed by atoms with van der Waals surface area (Å²) in [6, 6.07) is 14.3. The molecule has 0 atom stereocenters. The quantitative estimate of drug-likeness (QED) is 0.816. The van der Waals surface area contributed by atoms with Crippen LogP contribution in [0.1, 0.15) is 17.5 Å². The maximum Gasteiger partial charge on any atom is 0.260 e. The van der Waals surface area contributed by atoms with Crippen LogP contribution in [0.25, 0.3) is 0 Å². The summed E-state index contributed by atoms with van der Waals surface area (Å²) in [6.07, 6.45) is 3.49. The van der Waals surface area contributed by atoms with Gasteiger partial charge in [-0.15, -0.1) is 0 Å². The molecule has 27 heavy (non-hydrogen) atoms. The van der Waals surface area contributed by atoms with Crippen molar-refractivity contribution in [1.29, 1.82) is 0 Å². The molecule has 1 heterocycles. The number of fused-ring (bicyclic) bond motifs is 1. The molecule has 4 rings (SSSR count). The van der Waals surface area contributed by atoms with Crippen molar-refractivity contribution in [2.24, 2.45) is 0 Å². The predicted molar refractivity (Wildman–Crippen MR) is 106 cm³/mol. The van der Waals surface area contributed by atoms with Crippen LogP contribution in [0.2, 0.25) is 0 Å². The summed E-state index contributed by atoms with van der Waals surface area (Å²) in [5.41, 5.74) is 3.92. The molecule has 0 radical (unpaired) electrons. The maximum atomic E-state index is 12.5. The number of aryl methyl sites for hydroxylation is 2. The highest BCUT2D eigenvalue weighted by Crippen LogP contribution is 2.26. The molecule has 0 bridgehead atoms. The smallest absolute Gasteiger partial charge is 0.260 e. The van der Waals surface area contributed by atoms with Gasteiger partial charge in [-0.3, -0.25) is 4.79 Å². The Bertz CT molecular complexity index is 813. The molecule has 2 aromatic carbocycles. The number of methoxy groups -OCH3 is 1. The molecule has 0 spiro atoms. The van der Waals surface area contributed by atoms with Crippen LogP contribution in [0.3, 0.4) is 0 Å². The summed E-state index contributed by atoms with van der Waals surface area (Å²) in [5, 5.41) is 0. The Kier molecular flexibility index (Phi) is 5.19. The molecule has 2 aromatic rings. The van der Waals surface area contributed by atoms with Crippen LogP contribution in [-0.2, 0) is 17.6 Å². The van der Waals surface area contributed by atoms with E-state index < -0.39 is 0 Å². The Morgan fingerprint density at radius 2 is 1.78 bits per heavy atom. The van der Waals surface area contributed by atoms with Crippen LogP contribution in [-0.4, -0.2) is 50.7 Å². The molecule has 1 fully saturated rings. The number of hydrogen-bond donors (Lipinski definition) is 0. The maximum absolute atomic E-state index is 12.5. The van der Waals surface area contributed by atoms with E-state index in [1.807, 2.05) is 29.2 Å². The monoisotopic (exact) mass is 366 g/mol. The van der Waals surface area contributed by atoms with Crippen molar-refractivity contribution in [2.75, 3.05) is 44.8 Å². The number of carbonyl (C=O) groups excluding carboxylic acids is 1. The summed E-state index contributed by atoms with van der Waals surface area (Å²) in [5.74, 6) is 1.72. The molecule has 2 aliphatic rings. The van der Waals surface area contributed by atoms with Gasteiger partial charge in [0.2, 0.25) is 0 Å². The lowest BCUT2D eigenvalue weighted by atomic mass is 10.1. The molecule has 0 N–H and O–H groups in total. The molecule has 142 valence electrons. The lowest BCUT2D eigenvalue weighted by Crippen LogP contribution is -2.50. The fourth-order valence-corrected chi connectivity index (χ4v) is 3.90. The van der Waals surface area contributed by atoms with Crippen molar-refractivity contribution in [1.82, 2.24) is 4.90 Å². The number of carbonyl (C=O) groups is 1. The first-order chi connectivity index (χ1) is 13.2. The zero-order chi connectivity index (χ0) is 18.6. The molecule has 1 aliphatic carbocycles. The number of piperazine rings is 1. The fourth-order valence-electron chi connectivity index (χ4n) is 3.90. The normalized spacial score (nSPS) is 16.2. The highest BCUT2D eigenvalue weighted by Gasteiger charge is 2.22. The van der Waals surface area contributed by atoms with E-state index >= 15 is 0 Å². The van der Waals surface area contributed by atoms with E-state index in [4.69, 9.17) is 9.47 Å². The molecular weight excluding hydrogens is 340 g/mol. The largest absolute Gasteiger partial charge is 0.497 e. The molecule has 5 heteroatoms. The minimum Gasteiger partial charge on any atom is -0.497 e. The van der Waals surface area contributed by atoms with Crippen LogP contribution in [0, 0.1) is 0 Å². The van der Waals surface area contributed by atoms with Gasteiger partial charge in [0.15, 0.2) is 6.61 Å². The van der Waals surface area contributed by atoms with Crippen LogP contribution >= 0.6 is 0 Å². The zero-order valence-electron chi connectivity index (χ0n) is 15.8. The van der Waals surface area contributed by atoms with Gasteiger partial charge >= 0.3 is 0 Å². The number of nitrogens with zero attached hydrogens (tertiary/aromatic N) is 2. The SMILES string of the molecule is COc1cccc(N2CCN(C(=O)COc3ccc4c(c3)CCC4)CC2)c1. The second-order valence-electron chi connectivity index (χ2n) is 7.14. The molecule has 1 saturated heterocycles. The van der Waals surface area contributed by atoms with Crippen LogP contribution in [0.15, 0.2) is 42.5 Å². The molecule has 0 unspecified atom stereocenters. The van der Waals surface area contributed by atoms with Crippen LogP contribution in [0.4, 0.5) is 5.69 Å². The number of anilines is 1. The summed E-state index contributed by atoms with van der Waals surface area (Å²) in [4.78, 5) is 16.7. The van der Waals surface area contributed by atoms with Crippen molar-refractivity contribution in [3.63, 3.8) is 0 Å². The molecule has 0 saturated carbocycles. The molecule has 1 amide bonds. The first-order valence-electron chi connectivity index (χ1n) is 9.64. The summed E-state index contributed by atoms with van der Waals surface area (Å²) in [6.45, 7) is 3.17. The molecular formula is C22H26N2O3. The number of amides is 1. The van der Waals surface area contributed by atoms with Crippen molar-refractivity contribution in [3.8, 4) is 11.5 Å². The van der Waals surface area contributed by atoms with E-state index in [9.17, 15) is 4.79 Å². The summed E-state index contributed by atoms with van der Waals surface area (Å²) < 4.78 is 11.1. The van der Waals surface area contributed by atoms with Gasteiger partial charge in [-0.25, -0.2) is 0 Å². The third-order valence-corrected chi connectivity index (χ3v) is 5.48. The van der Waals surface area contributed by atoms with Gasteiger partial charge in [-0.2, -0.15) is 0 Å². The van der Waals surface area contributed by atoms with E-state index in [1.165, 1.54) is 17.5 Å². The van der Waals surface area contributed by atoms with Crippen molar-refractivity contribution in [2.45, 2.75) is 19.3 Å². The van der Waals surface area contributed by atoms with Crippen molar-refractivity contribution >= 4 is 11.6 Å². The van der Waals surface area contributed by atoms with Gasteiger partial charge in [-0.05, 0) is 54.7 Å². The van der Waals surface area contributed by atoms with Gasteiger partial charge in [0.05, 0.1) is 7.11 Å². The third kappa shape index (κ3) is 4.02. The average molecular weight is 366 g/mol. The zero-order valence-corrected chi connectivity index (χ0v) is 15.8. The van der Waals surface area contributed by atoms with Gasteiger partial charge < -0.3 is 19.3 Å². The molecule has 1 aliphatic heterocycles. The van der Waals surface area contributed by atoms with Crippen molar-refractivity contribution in [3.05, 3.63) is 53.6 Å². The molecule has 0 aromatic heterocycles. The van der Waals surface area contributed by atoms with E-state index in [2.05, 4.69) is 23.1 Å². The topological polar surface area (TPSA) is 42.0 Å². The Morgan fingerprint density at radius 1 is 0.963 bits per heavy atom. The first-order valence-corrected chi connectivity index (χ1v) is 9.64. The minimum absolute atomic E-state index is 0.0563. The van der Waals surface area contributed by atoms with E-state index in [0.29, 0.717) is 13.1 Å². The average Bonchev–Trinajstić information content (AvgIpc) is 3.20. The first kappa shape index (κ1) is 17.7. The summed E-state index contributed by atoms with van der Waals surface area (Å²) >= 11 is 0. The lowest BCUT2D eigenvalue weighted by molar-refractivity contribution is -0.133. The van der Waals surface area contributed by atoms with E-state index in [0.717, 1.165) is 43.1 Å². The summed E-state index contributed by atoms with van der Waals surface area (Å²) in [7, 11) is 1.68. The Hall–Kier alpha value is -2.69. The van der Waals surface area contributed by atoms with Gasteiger partial charge in [0, 0.05) is 37.9 Å². The fraction of sp³-hybridized carbons (Fsp3) is 0.409. The van der Waals surface area contributed by atoms with E-state index in [1.54, 1.807) is 7.11 Å². The van der Waals surface area contributed by atoms with Gasteiger partial charge in [0.1, 0.15) is 11.5 Å². The number of ether oxygens (including phenoxy) is 2. The number of rotatable bonds is 5. The second-order valence-corrected chi connectivity index (χ2v) is 7.14. The number of hydrogen-bond acceptors (Lipinski definition) is 4. The van der Waals surface area contributed by atoms with Crippen LogP contribution < -0.4 is 14.4 Å². The minimum atomic E-state index is 0.0563. The Balaban J connectivity index is 1.28. The predicted octanol–water partition coefficient (Wildman–Crippen LogP) is 2.91. The molecule has 5 nitrogen and oxygen atoms in total.